The molecule has 2 N–H and O–H groups in total. The minimum atomic E-state index is -0.777. The van der Waals surface area contributed by atoms with E-state index in [-0.39, 0.29) is 30.9 Å². The molecule has 8 nitrogen and oxygen atoms in total. The van der Waals surface area contributed by atoms with Gasteiger partial charge in [0.2, 0.25) is 5.91 Å². The zero-order chi connectivity index (χ0) is 27.4. The highest BCUT2D eigenvalue weighted by Crippen LogP contribution is 2.37. The lowest BCUT2D eigenvalue weighted by Crippen LogP contribution is -2.49. The molecule has 0 saturated heterocycles. The Kier molecular flexibility index (Phi) is 7.54. The number of hydrogen-bond donors (Lipinski definition) is 2. The molecule has 5 rings (SSSR count). The molecule has 4 amide bonds. The molecule has 0 aliphatic carbocycles. The van der Waals surface area contributed by atoms with Gasteiger partial charge in [-0.05, 0) is 29.7 Å². The fourth-order valence-corrected chi connectivity index (χ4v) is 5.18. The second-order valence-corrected chi connectivity index (χ2v) is 9.77. The van der Waals surface area contributed by atoms with Gasteiger partial charge in [-0.1, -0.05) is 72.3 Å². The Labute approximate surface area is 228 Å². The highest BCUT2D eigenvalue weighted by Gasteiger charge is 2.46. The first-order valence-electron chi connectivity index (χ1n) is 13.0. The molecule has 2 atom stereocenters. The summed E-state index contributed by atoms with van der Waals surface area (Å²) in [5.74, 6) is -0.527. The van der Waals surface area contributed by atoms with Gasteiger partial charge in [0.25, 0.3) is 5.91 Å². The molecular formula is C31H31N5O3. The molecule has 39 heavy (non-hydrogen) atoms. The number of amides is 4. The molecule has 2 aromatic carbocycles. The molecule has 1 aromatic heterocycles. The van der Waals surface area contributed by atoms with Gasteiger partial charge >= 0.3 is 6.03 Å². The third-order valence-electron chi connectivity index (χ3n) is 7.08. The van der Waals surface area contributed by atoms with Crippen LogP contribution in [-0.4, -0.2) is 51.8 Å². The average molecular weight is 522 g/mol. The van der Waals surface area contributed by atoms with E-state index in [1.165, 1.54) is 0 Å². The number of carbonyl (C=O) groups is 3. The Balaban J connectivity index is 1.49. The first kappa shape index (κ1) is 25.9. The minimum absolute atomic E-state index is 0.148. The van der Waals surface area contributed by atoms with E-state index in [0.29, 0.717) is 24.2 Å². The van der Waals surface area contributed by atoms with Crippen molar-refractivity contribution >= 4 is 17.8 Å². The monoisotopic (exact) mass is 521 g/mol. The van der Waals surface area contributed by atoms with Crippen LogP contribution >= 0.6 is 0 Å². The third kappa shape index (κ3) is 5.45. The number of aromatic nitrogens is 1. The van der Waals surface area contributed by atoms with E-state index >= 15 is 0 Å². The van der Waals surface area contributed by atoms with E-state index in [1.54, 1.807) is 28.3 Å². The maximum absolute atomic E-state index is 14.1. The molecule has 0 spiro atoms. The number of rotatable bonds is 9. The van der Waals surface area contributed by atoms with E-state index in [0.717, 1.165) is 22.3 Å². The molecule has 3 heterocycles. The van der Waals surface area contributed by atoms with Gasteiger partial charge in [-0.3, -0.25) is 19.5 Å². The molecule has 0 saturated carbocycles. The first-order chi connectivity index (χ1) is 19.0. The highest BCUT2D eigenvalue weighted by molar-refractivity contribution is 6.03. The standard InChI is InChI=1S/C31H31N5O3/c1-3-15-35-26-20-36(30(38)27(26)28(34-31(35)39)24-13-7-9-21(2)16-24)25(17-22-10-5-4-6-11-22)29(37)33-19-23-12-8-14-32-18-23/h3-14,16,18,25,28H,1,15,17,19-20H2,2H3,(H,33,37)(H,34,39)/t25-,28-/m1/s1. The third-order valence-corrected chi connectivity index (χ3v) is 7.08. The van der Waals surface area contributed by atoms with Crippen LogP contribution in [0, 0.1) is 6.92 Å². The summed E-state index contributed by atoms with van der Waals surface area (Å²) in [6, 6.07) is 19.4. The van der Waals surface area contributed by atoms with Gasteiger partial charge in [-0.15, -0.1) is 6.58 Å². The predicted molar refractivity (Wildman–Crippen MR) is 148 cm³/mol. The van der Waals surface area contributed by atoms with Gasteiger partial charge in [0, 0.05) is 31.9 Å². The van der Waals surface area contributed by atoms with E-state index < -0.39 is 12.1 Å². The normalized spacial score (nSPS) is 17.5. The molecule has 2 aliphatic rings. The molecule has 8 heteroatoms. The SMILES string of the molecule is C=CCN1C(=O)N[C@H](c2cccc(C)c2)C2=C1CN([C@H](Cc1ccccc1)C(=O)NCc1cccnc1)C2=O. The van der Waals surface area contributed by atoms with Crippen LogP contribution in [-0.2, 0) is 22.6 Å². The minimum Gasteiger partial charge on any atom is -0.350 e. The number of pyridine rings is 1. The largest absolute Gasteiger partial charge is 0.350 e. The van der Waals surface area contributed by atoms with Gasteiger partial charge in [-0.25, -0.2) is 4.79 Å². The van der Waals surface area contributed by atoms with Crippen molar-refractivity contribution in [1.29, 1.82) is 0 Å². The summed E-state index contributed by atoms with van der Waals surface area (Å²) in [7, 11) is 0. The second kappa shape index (κ2) is 11.3. The van der Waals surface area contributed by atoms with E-state index in [2.05, 4.69) is 22.2 Å². The average Bonchev–Trinajstić information content (AvgIpc) is 3.29. The first-order valence-corrected chi connectivity index (χ1v) is 13.0. The van der Waals surface area contributed by atoms with E-state index in [4.69, 9.17) is 0 Å². The number of aryl methyl sites for hydroxylation is 1. The molecule has 0 radical (unpaired) electrons. The van der Waals surface area contributed by atoms with Gasteiger partial charge in [0.05, 0.1) is 23.9 Å². The van der Waals surface area contributed by atoms with Crippen LogP contribution in [0.4, 0.5) is 4.79 Å². The summed E-state index contributed by atoms with van der Waals surface area (Å²) in [6.45, 7) is 6.46. The van der Waals surface area contributed by atoms with Crippen molar-refractivity contribution in [3.8, 4) is 0 Å². The number of hydrogen-bond acceptors (Lipinski definition) is 4. The van der Waals surface area contributed by atoms with Gasteiger partial charge in [0.1, 0.15) is 6.04 Å². The lowest BCUT2D eigenvalue weighted by atomic mass is 9.94. The van der Waals surface area contributed by atoms with Crippen molar-refractivity contribution in [1.82, 2.24) is 25.4 Å². The van der Waals surface area contributed by atoms with Crippen LogP contribution in [0.25, 0.3) is 0 Å². The number of nitrogens with one attached hydrogen (secondary N) is 2. The summed E-state index contributed by atoms with van der Waals surface area (Å²) >= 11 is 0. The number of benzene rings is 2. The van der Waals surface area contributed by atoms with Gasteiger partial charge < -0.3 is 15.5 Å². The summed E-state index contributed by atoms with van der Waals surface area (Å²) in [5.41, 5.74) is 4.74. The summed E-state index contributed by atoms with van der Waals surface area (Å²) in [4.78, 5) is 48.2. The molecule has 3 aromatic rings. The Morgan fingerprint density at radius 2 is 1.92 bits per heavy atom. The second-order valence-electron chi connectivity index (χ2n) is 9.77. The quantitative estimate of drug-likeness (QED) is 0.420. The van der Waals surface area contributed by atoms with Crippen molar-refractivity contribution < 1.29 is 14.4 Å². The smallest absolute Gasteiger partial charge is 0.322 e. The summed E-state index contributed by atoms with van der Waals surface area (Å²) in [5, 5.41) is 6.00. The maximum atomic E-state index is 14.1. The van der Waals surface area contributed by atoms with E-state index in [9.17, 15) is 14.4 Å². The lowest BCUT2D eigenvalue weighted by Gasteiger charge is -2.33. The fraction of sp³-hybridized carbons (Fsp3) is 0.226. The molecule has 0 bridgehead atoms. The molecule has 198 valence electrons. The Morgan fingerprint density at radius 1 is 1.13 bits per heavy atom. The zero-order valence-corrected chi connectivity index (χ0v) is 21.8. The Morgan fingerprint density at radius 3 is 2.64 bits per heavy atom. The van der Waals surface area contributed by atoms with Crippen molar-refractivity contribution in [2.45, 2.75) is 32.0 Å². The van der Waals surface area contributed by atoms with Crippen molar-refractivity contribution in [3.05, 3.63) is 125 Å². The van der Waals surface area contributed by atoms with Crippen LogP contribution in [0.1, 0.15) is 28.3 Å². The Bertz CT molecular complexity index is 1420. The number of carbonyl (C=O) groups excluding carboxylic acids is 3. The van der Waals surface area contributed by atoms with Crippen molar-refractivity contribution in [2.24, 2.45) is 0 Å². The van der Waals surface area contributed by atoms with Gasteiger partial charge in [0.15, 0.2) is 0 Å². The van der Waals surface area contributed by atoms with Crippen molar-refractivity contribution in [2.75, 3.05) is 13.1 Å². The Hall–Kier alpha value is -4.72. The number of nitrogens with zero attached hydrogens (tertiary/aromatic N) is 3. The van der Waals surface area contributed by atoms with Crippen LogP contribution < -0.4 is 10.6 Å². The highest BCUT2D eigenvalue weighted by atomic mass is 16.2. The van der Waals surface area contributed by atoms with Crippen LogP contribution in [0.3, 0.4) is 0 Å². The summed E-state index contributed by atoms with van der Waals surface area (Å²) in [6.07, 6.45) is 5.35. The van der Waals surface area contributed by atoms with Crippen LogP contribution in [0.2, 0.25) is 0 Å². The lowest BCUT2D eigenvalue weighted by molar-refractivity contribution is -0.136. The molecule has 2 aliphatic heterocycles. The topological polar surface area (TPSA) is 94.6 Å². The molecular weight excluding hydrogens is 490 g/mol. The summed E-state index contributed by atoms with van der Waals surface area (Å²) < 4.78 is 0. The molecule has 0 fully saturated rings. The molecule has 0 unspecified atom stereocenters. The fourth-order valence-electron chi connectivity index (χ4n) is 5.18. The predicted octanol–water partition coefficient (Wildman–Crippen LogP) is 3.67. The van der Waals surface area contributed by atoms with Crippen LogP contribution in [0.5, 0.6) is 0 Å². The van der Waals surface area contributed by atoms with E-state index in [1.807, 2.05) is 73.7 Å². The van der Waals surface area contributed by atoms with Gasteiger partial charge in [-0.2, -0.15) is 0 Å². The zero-order valence-electron chi connectivity index (χ0n) is 21.8. The van der Waals surface area contributed by atoms with Crippen molar-refractivity contribution in [3.63, 3.8) is 0 Å². The maximum Gasteiger partial charge on any atom is 0.322 e. The van der Waals surface area contributed by atoms with Crippen LogP contribution in [0.15, 0.2) is 103 Å². The number of urea groups is 1.